The number of aryl methyl sites for hydroxylation is 1. The number of benzene rings is 2. The van der Waals surface area contributed by atoms with Crippen molar-refractivity contribution >= 4 is 17.5 Å². The summed E-state index contributed by atoms with van der Waals surface area (Å²) in [6.45, 7) is 3.02. The third kappa shape index (κ3) is 3.20. The van der Waals surface area contributed by atoms with Gasteiger partial charge in [-0.1, -0.05) is 17.8 Å². The molecule has 0 aliphatic heterocycles. The number of carbonyl (C=O) groups excluding carboxylic acids is 1. The van der Waals surface area contributed by atoms with Crippen LogP contribution in [0.1, 0.15) is 22.8 Å². The van der Waals surface area contributed by atoms with Gasteiger partial charge >= 0.3 is 0 Å². The Kier molecular flexibility index (Phi) is 4.00. The van der Waals surface area contributed by atoms with Crippen LogP contribution >= 0.6 is 11.8 Å². The van der Waals surface area contributed by atoms with Crippen molar-refractivity contribution in [3.8, 4) is 0 Å². The zero-order valence-corrected chi connectivity index (χ0v) is 11.4. The Bertz CT molecular complexity index is 638. The maximum Gasteiger partial charge on any atom is 0.161 e. The van der Waals surface area contributed by atoms with Crippen molar-refractivity contribution in [1.29, 1.82) is 0 Å². The van der Waals surface area contributed by atoms with Crippen molar-refractivity contribution in [2.24, 2.45) is 0 Å². The van der Waals surface area contributed by atoms with Crippen LogP contribution in [0.5, 0.6) is 0 Å². The van der Waals surface area contributed by atoms with E-state index >= 15 is 0 Å². The Morgan fingerprint density at radius 1 is 1.16 bits per heavy atom. The van der Waals surface area contributed by atoms with E-state index < -0.39 is 5.82 Å². The molecule has 0 saturated carbocycles. The van der Waals surface area contributed by atoms with Crippen LogP contribution in [0.2, 0.25) is 0 Å². The van der Waals surface area contributed by atoms with Crippen molar-refractivity contribution < 1.29 is 13.6 Å². The molecule has 0 heterocycles. The molecule has 19 heavy (non-hydrogen) atoms. The number of ketones is 1. The van der Waals surface area contributed by atoms with E-state index in [1.54, 1.807) is 25.1 Å². The zero-order valence-electron chi connectivity index (χ0n) is 10.5. The van der Waals surface area contributed by atoms with Gasteiger partial charge in [0.1, 0.15) is 11.6 Å². The molecule has 0 spiro atoms. The molecule has 0 saturated heterocycles. The number of Topliss-reactive ketones (excluding diaryl/α,β-unsaturated/α-hetero) is 1. The summed E-state index contributed by atoms with van der Waals surface area (Å²) in [7, 11) is 0. The van der Waals surface area contributed by atoms with Gasteiger partial charge in [0.2, 0.25) is 0 Å². The molecule has 0 fully saturated rings. The third-order valence-electron chi connectivity index (χ3n) is 2.66. The summed E-state index contributed by atoms with van der Waals surface area (Å²) in [5, 5.41) is 0. The molecule has 0 aliphatic rings. The zero-order chi connectivity index (χ0) is 14.0. The Labute approximate surface area is 114 Å². The van der Waals surface area contributed by atoms with Crippen LogP contribution in [0.3, 0.4) is 0 Å². The van der Waals surface area contributed by atoms with Gasteiger partial charge in [-0.25, -0.2) is 8.78 Å². The number of rotatable bonds is 3. The second kappa shape index (κ2) is 5.53. The van der Waals surface area contributed by atoms with Crippen molar-refractivity contribution in [1.82, 2.24) is 0 Å². The van der Waals surface area contributed by atoms with Gasteiger partial charge in [-0.15, -0.1) is 0 Å². The highest BCUT2D eigenvalue weighted by Gasteiger charge is 2.12. The fourth-order valence-electron chi connectivity index (χ4n) is 1.67. The van der Waals surface area contributed by atoms with Gasteiger partial charge in [-0.2, -0.15) is 0 Å². The van der Waals surface area contributed by atoms with Gasteiger partial charge in [0.05, 0.1) is 0 Å². The number of hydrogen-bond donors (Lipinski definition) is 0. The Hall–Kier alpha value is -1.68. The van der Waals surface area contributed by atoms with Crippen LogP contribution in [0.25, 0.3) is 0 Å². The van der Waals surface area contributed by atoms with Crippen molar-refractivity contribution in [2.75, 3.05) is 0 Å². The molecular weight excluding hydrogens is 266 g/mol. The van der Waals surface area contributed by atoms with Crippen LogP contribution < -0.4 is 0 Å². The lowest BCUT2D eigenvalue weighted by Gasteiger charge is -2.09. The molecule has 0 radical (unpaired) electrons. The van der Waals surface area contributed by atoms with Gasteiger partial charge in [0.15, 0.2) is 5.78 Å². The highest BCUT2D eigenvalue weighted by molar-refractivity contribution is 7.99. The summed E-state index contributed by atoms with van der Waals surface area (Å²) < 4.78 is 26.6. The Balaban J connectivity index is 2.44. The first-order valence-corrected chi connectivity index (χ1v) is 6.53. The lowest BCUT2D eigenvalue weighted by molar-refractivity contribution is 0.101. The molecule has 0 aliphatic carbocycles. The van der Waals surface area contributed by atoms with E-state index in [2.05, 4.69) is 0 Å². The third-order valence-corrected chi connectivity index (χ3v) is 3.71. The average Bonchev–Trinajstić information content (AvgIpc) is 2.33. The minimum absolute atomic E-state index is 0.210. The summed E-state index contributed by atoms with van der Waals surface area (Å²) >= 11 is 1.25. The number of carbonyl (C=O) groups is 1. The molecule has 0 aromatic heterocycles. The first-order chi connectivity index (χ1) is 8.97. The molecule has 4 heteroatoms. The maximum atomic E-state index is 13.5. The molecule has 1 nitrogen and oxygen atoms in total. The quantitative estimate of drug-likeness (QED) is 0.762. The van der Waals surface area contributed by atoms with Gasteiger partial charge in [0, 0.05) is 15.4 Å². The largest absolute Gasteiger partial charge is 0.294 e. The van der Waals surface area contributed by atoms with Gasteiger partial charge in [-0.05, 0) is 49.7 Å². The van der Waals surface area contributed by atoms with Crippen LogP contribution in [-0.4, -0.2) is 5.78 Å². The van der Waals surface area contributed by atoms with Crippen LogP contribution in [-0.2, 0) is 0 Å². The Morgan fingerprint density at radius 2 is 1.89 bits per heavy atom. The highest BCUT2D eigenvalue weighted by atomic mass is 32.2. The second-order valence-corrected chi connectivity index (χ2v) is 5.33. The molecule has 0 N–H and O–H groups in total. The first-order valence-electron chi connectivity index (χ1n) is 5.72. The molecule has 98 valence electrons. The van der Waals surface area contributed by atoms with E-state index in [1.165, 1.54) is 36.9 Å². The second-order valence-electron chi connectivity index (χ2n) is 4.21. The fraction of sp³-hybridized carbons (Fsp3) is 0.133. The van der Waals surface area contributed by atoms with Crippen LogP contribution in [0.4, 0.5) is 8.78 Å². The molecule has 0 amide bonds. The fourth-order valence-corrected chi connectivity index (χ4v) is 2.79. The molecule has 0 bridgehead atoms. The summed E-state index contributed by atoms with van der Waals surface area (Å²) in [5.41, 5.74) is 0.779. The van der Waals surface area contributed by atoms with E-state index in [4.69, 9.17) is 0 Å². The number of hydrogen-bond acceptors (Lipinski definition) is 2. The Morgan fingerprint density at radius 3 is 2.53 bits per heavy atom. The minimum atomic E-state index is -0.409. The molecule has 0 unspecified atom stereocenters. The van der Waals surface area contributed by atoms with Crippen LogP contribution in [0, 0.1) is 18.6 Å². The summed E-state index contributed by atoms with van der Waals surface area (Å²) in [5.74, 6) is -0.959. The summed E-state index contributed by atoms with van der Waals surface area (Å²) in [6, 6.07) is 8.93. The predicted octanol–water partition coefficient (Wildman–Crippen LogP) is 4.63. The van der Waals surface area contributed by atoms with Crippen molar-refractivity contribution in [3.63, 3.8) is 0 Å². The van der Waals surface area contributed by atoms with Gasteiger partial charge < -0.3 is 0 Å². The standard InChI is InChI=1S/C15H12F2OS/c1-9-6-15(13(10(2)18)8-14(9)17)19-12-5-3-4-11(16)7-12/h3-8H,1-2H3. The molecule has 2 rings (SSSR count). The molecule has 2 aromatic rings. The smallest absolute Gasteiger partial charge is 0.161 e. The first kappa shape index (κ1) is 13.7. The van der Waals surface area contributed by atoms with E-state index in [-0.39, 0.29) is 11.6 Å². The predicted molar refractivity (Wildman–Crippen MR) is 71.7 cm³/mol. The van der Waals surface area contributed by atoms with E-state index in [9.17, 15) is 13.6 Å². The lowest BCUT2D eigenvalue weighted by atomic mass is 10.1. The van der Waals surface area contributed by atoms with E-state index in [0.29, 0.717) is 20.9 Å². The van der Waals surface area contributed by atoms with Crippen LogP contribution in [0.15, 0.2) is 46.2 Å². The summed E-state index contributed by atoms with van der Waals surface area (Å²) in [6.07, 6.45) is 0. The van der Waals surface area contributed by atoms with Gasteiger partial charge in [0.25, 0.3) is 0 Å². The molecule has 0 atom stereocenters. The van der Waals surface area contributed by atoms with E-state index in [0.717, 1.165) is 0 Å². The molecule has 2 aromatic carbocycles. The normalized spacial score (nSPS) is 10.5. The minimum Gasteiger partial charge on any atom is -0.294 e. The maximum absolute atomic E-state index is 13.5. The molecular formula is C15H12F2OS. The monoisotopic (exact) mass is 278 g/mol. The summed E-state index contributed by atoms with van der Waals surface area (Å²) in [4.78, 5) is 12.8. The van der Waals surface area contributed by atoms with Gasteiger partial charge in [-0.3, -0.25) is 4.79 Å². The van der Waals surface area contributed by atoms with E-state index in [1.807, 2.05) is 0 Å². The SMILES string of the molecule is CC(=O)c1cc(F)c(C)cc1Sc1cccc(F)c1. The lowest BCUT2D eigenvalue weighted by Crippen LogP contribution is -1.98. The highest BCUT2D eigenvalue weighted by Crippen LogP contribution is 2.32. The topological polar surface area (TPSA) is 17.1 Å². The van der Waals surface area contributed by atoms with Crippen molar-refractivity contribution in [2.45, 2.75) is 23.6 Å². The number of halogens is 2. The van der Waals surface area contributed by atoms with Crippen molar-refractivity contribution in [3.05, 3.63) is 59.2 Å². The average molecular weight is 278 g/mol.